The summed E-state index contributed by atoms with van der Waals surface area (Å²) in [6.45, 7) is 1.71. The number of nitrogens with one attached hydrogen (secondary N) is 1. The minimum absolute atomic E-state index is 0.121. The molecule has 0 radical (unpaired) electrons. The molecule has 0 spiro atoms. The second kappa shape index (κ2) is 10.6. The van der Waals surface area contributed by atoms with Crippen LogP contribution in [-0.2, 0) is 25.7 Å². The Hall–Kier alpha value is -4.62. The third kappa shape index (κ3) is 5.63. The van der Waals surface area contributed by atoms with Gasteiger partial charge in [-0.1, -0.05) is 24.3 Å². The van der Waals surface area contributed by atoms with E-state index in [0.717, 1.165) is 17.7 Å². The first kappa shape index (κ1) is 26.0. The van der Waals surface area contributed by atoms with Gasteiger partial charge in [-0.25, -0.2) is 9.78 Å². The number of aromatic hydroxyl groups is 1. The number of hydrogen-bond donors (Lipinski definition) is 2. The quantitative estimate of drug-likeness (QED) is 0.357. The zero-order valence-electron chi connectivity index (χ0n) is 20.7. The van der Waals surface area contributed by atoms with Gasteiger partial charge < -0.3 is 10.4 Å². The van der Waals surface area contributed by atoms with Crippen molar-refractivity contribution in [2.24, 2.45) is 0 Å². The third-order valence-electron chi connectivity index (χ3n) is 6.73. The predicted molar refractivity (Wildman–Crippen MR) is 140 cm³/mol. The molecule has 5 rings (SSSR count). The Kier molecular flexibility index (Phi) is 7.09. The summed E-state index contributed by atoms with van der Waals surface area (Å²) in [6, 6.07) is 15.4. The largest absolute Gasteiger partial charge is 0.493 e. The van der Waals surface area contributed by atoms with Gasteiger partial charge in [0.05, 0.1) is 22.7 Å². The van der Waals surface area contributed by atoms with E-state index in [4.69, 9.17) is 5.26 Å². The van der Waals surface area contributed by atoms with Gasteiger partial charge >= 0.3 is 12.2 Å². The maximum absolute atomic E-state index is 13.6. The zero-order chi connectivity index (χ0) is 27.6. The van der Waals surface area contributed by atoms with Gasteiger partial charge in [-0.2, -0.15) is 18.4 Å². The van der Waals surface area contributed by atoms with Crippen LogP contribution in [0.25, 0.3) is 17.0 Å². The van der Waals surface area contributed by atoms with E-state index in [-0.39, 0.29) is 12.4 Å². The Labute approximate surface area is 222 Å². The van der Waals surface area contributed by atoms with E-state index in [1.165, 1.54) is 22.9 Å². The van der Waals surface area contributed by atoms with Gasteiger partial charge in [0.15, 0.2) is 0 Å². The highest BCUT2D eigenvalue weighted by Gasteiger charge is 2.33. The summed E-state index contributed by atoms with van der Waals surface area (Å²) in [5.74, 6) is -0.168. The molecule has 1 amide bonds. The molecule has 10 heteroatoms. The minimum atomic E-state index is -4.51. The van der Waals surface area contributed by atoms with Crippen LogP contribution in [0, 0.1) is 11.3 Å². The summed E-state index contributed by atoms with van der Waals surface area (Å²) < 4.78 is 42.1. The predicted octanol–water partition coefficient (Wildman–Crippen LogP) is 5.46. The van der Waals surface area contributed by atoms with Crippen molar-refractivity contribution in [3.05, 3.63) is 100 Å². The minimum Gasteiger partial charge on any atom is -0.493 e. The van der Waals surface area contributed by atoms with Crippen LogP contribution in [0.1, 0.15) is 33.5 Å². The van der Waals surface area contributed by atoms with Crippen LogP contribution in [0.2, 0.25) is 0 Å². The van der Waals surface area contributed by atoms with Crippen molar-refractivity contribution >= 4 is 23.0 Å². The molecule has 7 nitrogen and oxygen atoms in total. The summed E-state index contributed by atoms with van der Waals surface area (Å²) >= 11 is 0. The Morgan fingerprint density at radius 1 is 1.15 bits per heavy atom. The first-order valence-electron chi connectivity index (χ1n) is 12.3. The molecule has 39 heavy (non-hydrogen) atoms. The number of pyridine rings is 1. The molecule has 2 N–H and O–H groups in total. The van der Waals surface area contributed by atoms with Crippen LogP contribution >= 0.6 is 0 Å². The summed E-state index contributed by atoms with van der Waals surface area (Å²) in [5, 5.41) is 21.7. The highest BCUT2D eigenvalue weighted by Crippen LogP contribution is 2.36. The first-order valence-corrected chi connectivity index (χ1v) is 12.3. The third-order valence-corrected chi connectivity index (χ3v) is 6.73. The number of rotatable bonds is 5. The highest BCUT2D eigenvalue weighted by atomic mass is 19.4. The standard InChI is InChI=1S/C29H24F3N5O2/c30-29(31,32)22-7-8-25-23(15-22)24-18-36(12-1-2-19-3-5-20(16-33)6-4-19)13-10-26(24)37(25)28(39)35-17-21-9-11-34-27(38)14-21/h1-9,11,14-15H,10,12-13,17-18H2,(H,34,38)(H,35,39)/b2-1+. The van der Waals surface area contributed by atoms with Crippen molar-refractivity contribution in [3.63, 3.8) is 0 Å². The van der Waals surface area contributed by atoms with Gasteiger partial charge in [-0.15, -0.1) is 0 Å². The average molecular weight is 532 g/mol. The normalized spacial score (nSPS) is 13.9. The number of amides is 1. The topological polar surface area (TPSA) is 94.2 Å². The van der Waals surface area contributed by atoms with Crippen molar-refractivity contribution in [2.75, 3.05) is 13.1 Å². The molecule has 4 aromatic rings. The number of carbonyl (C=O) groups is 1. The second-order valence-electron chi connectivity index (χ2n) is 9.29. The van der Waals surface area contributed by atoms with Crippen molar-refractivity contribution in [3.8, 4) is 11.9 Å². The first-order chi connectivity index (χ1) is 18.7. The van der Waals surface area contributed by atoms with Crippen molar-refractivity contribution in [1.82, 2.24) is 19.8 Å². The lowest BCUT2D eigenvalue weighted by Crippen LogP contribution is -2.34. The van der Waals surface area contributed by atoms with Gasteiger partial charge in [0.1, 0.15) is 0 Å². The molecular weight excluding hydrogens is 507 g/mol. The number of alkyl halides is 3. The molecule has 2 aromatic carbocycles. The fraction of sp³-hybridized carbons (Fsp3) is 0.207. The van der Waals surface area contributed by atoms with E-state index >= 15 is 0 Å². The molecule has 0 atom stereocenters. The maximum Gasteiger partial charge on any atom is 0.416 e. The molecule has 0 saturated heterocycles. The molecule has 0 fully saturated rings. The van der Waals surface area contributed by atoms with Crippen LogP contribution in [-0.4, -0.2) is 38.7 Å². The number of benzene rings is 2. The molecule has 2 aromatic heterocycles. The van der Waals surface area contributed by atoms with Crippen LogP contribution in [0.15, 0.2) is 66.9 Å². The molecule has 3 heterocycles. The van der Waals surface area contributed by atoms with E-state index in [1.807, 2.05) is 24.3 Å². The molecule has 1 aliphatic heterocycles. The average Bonchev–Trinajstić information content (AvgIpc) is 3.25. The van der Waals surface area contributed by atoms with Crippen LogP contribution in [0.3, 0.4) is 0 Å². The van der Waals surface area contributed by atoms with Crippen LogP contribution < -0.4 is 5.32 Å². The molecule has 0 unspecified atom stereocenters. The number of halogens is 3. The maximum atomic E-state index is 13.6. The molecule has 0 bridgehead atoms. The van der Waals surface area contributed by atoms with E-state index < -0.39 is 17.8 Å². The second-order valence-corrected chi connectivity index (χ2v) is 9.29. The molecule has 0 saturated carbocycles. The summed E-state index contributed by atoms with van der Waals surface area (Å²) in [7, 11) is 0. The fourth-order valence-corrected chi connectivity index (χ4v) is 4.81. The Morgan fingerprint density at radius 2 is 1.95 bits per heavy atom. The van der Waals surface area contributed by atoms with Gasteiger partial charge in [0.2, 0.25) is 5.88 Å². The van der Waals surface area contributed by atoms with Gasteiger partial charge in [0.25, 0.3) is 0 Å². The Bertz CT molecular complexity index is 1600. The number of nitrogens with zero attached hydrogens (tertiary/aromatic N) is 4. The summed E-state index contributed by atoms with van der Waals surface area (Å²) in [4.78, 5) is 19.1. The van der Waals surface area contributed by atoms with E-state index in [9.17, 15) is 23.1 Å². The molecular formula is C29H24F3N5O2. The SMILES string of the molecule is N#Cc1ccc(/C=C/CN2CCc3c(c4cc(C(F)(F)F)ccc4n3C(=O)NCc3ccnc(O)c3)C2)cc1. The van der Waals surface area contributed by atoms with Crippen LogP contribution in [0.4, 0.5) is 18.0 Å². The van der Waals surface area contributed by atoms with Crippen molar-refractivity contribution < 1.29 is 23.1 Å². The fourth-order valence-electron chi connectivity index (χ4n) is 4.81. The van der Waals surface area contributed by atoms with Gasteiger partial charge in [0, 0.05) is 55.9 Å². The van der Waals surface area contributed by atoms with Gasteiger partial charge in [-0.3, -0.25) is 9.47 Å². The summed E-state index contributed by atoms with van der Waals surface area (Å²) in [5.41, 5.74) is 3.20. The zero-order valence-corrected chi connectivity index (χ0v) is 20.7. The van der Waals surface area contributed by atoms with E-state index in [1.54, 1.807) is 18.2 Å². The van der Waals surface area contributed by atoms with Crippen molar-refractivity contribution in [1.29, 1.82) is 5.26 Å². The number of aromatic nitrogens is 2. The lowest BCUT2D eigenvalue weighted by molar-refractivity contribution is -0.137. The highest BCUT2D eigenvalue weighted by molar-refractivity contribution is 5.96. The smallest absolute Gasteiger partial charge is 0.416 e. The van der Waals surface area contributed by atoms with Crippen molar-refractivity contribution in [2.45, 2.75) is 25.7 Å². The summed E-state index contributed by atoms with van der Waals surface area (Å²) in [6.07, 6.45) is 1.31. The molecule has 198 valence electrons. The number of carbonyl (C=O) groups excluding carboxylic acids is 1. The molecule has 0 aliphatic carbocycles. The number of hydrogen-bond acceptors (Lipinski definition) is 5. The van der Waals surface area contributed by atoms with E-state index in [2.05, 4.69) is 21.3 Å². The Morgan fingerprint density at radius 3 is 2.67 bits per heavy atom. The number of fused-ring (bicyclic) bond motifs is 3. The lowest BCUT2D eigenvalue weighted by atomic mass is 10.0. The monoisotopic (exact) mass is 531 g/mol. The van der Waals surface area contributed by atoms with Crippen LogP contribution in [0.5, 0.6) is 5.88 Å². The van der Waals surface area contributed by atoms with E-state index in [0.29, 0.717) is 59.3 Å². The lowest BCUT2D eigenvalue weighted by Gasteiger charge is -2.27. The van der Waals surface area contributed by atoms with Gasteiger partial charge in [-0.05, 0) is 53.1 Å². The molecule has 1 aliphatic rings. The number of nitriles is 1. The Balaban J connectivity index is 1.41.